The fraction of sp³-hybridized carbons (Fsp3) is 0.679. The van der Waals surface area contributed by atoms with Gasteiger partial charge in [0.15, 0.2) is 0 Å². The number of anilines is 1. The molecule has 9 nitrogen and oxygen atoms in total. The minimum absolute atomic E-state index is 0.123. The van der Waals surface area contributed by atoms with Crippen molar-refractivity contribution in [3.8, 4) is 0 Å². The molecule has 4 N–H and O–H groups in total. The van der Waals surface area contributed by atoms with Gasteiger partial charge < -0.3 is 30.9 Å². The number of nitrogens with one attached hydrogen (secondary N) is 2. The molecule has 206 valence electrons. The Balaban J connectivity index is 1.70. The van der Waals surface area contributed by atoms with Crippen LogP contribution in [-0.4, -0.2) is 78.6 Å². The first kappa shape index (κ1) is 28.9. The van der Waals surface area contributed by atoms with Crippen molar-refractivity contribution in [2.24, 2.45) is 11.7 Å². The van der Waals surface area contributed by atoms with Gasteiger partial charge in [-0.2, -0.15) is 0 Å². The lowest BCUT2D eigenvalue weighted by molar-refractivity contribution is -0.135. The predicted octanol–water partition coefficient (Wildman–Crippen LogP) is 3.30. The quantitative estimate of drug-likeness (QED) is 0.513. The van der Waals surface area contributed by atoms with Gasteiger partial charge in [0.1, 0.15) is 11.6 Å². The highest BCUT2D eigenvalue weighted by Gasteiger charge is 2.34. The third kappa shape index (κ3) is 8.43. The van der Waals surface area contributed by atoms with Crippen LogP contribution in [0.1, 0.15) is 71.3 Å². The highest BCUT2D eigenvalue weighted by atomic mass is 16.6. The van der Waals surface area contributed by atoms with Crippen molar-refractivity contribution in [2.45, 2.75) is 83.4 Å². The summed E-state index contributed by atoms with van der Waals surface area (Å²) in [6.07, 6.45) is 4.85. The lowest BCUT2D eigenvalue weighted by Gasteiger charge is -2.36. The Kier molecular flexibility index (Phi) is 9.95. The van der Waals surface area contributed by atoms with E-state index in [2.05, 4.69) is 15.5 Å². The van der Waals surface area contributed by atoms with E-state index in [-0.39, 0.29) is 23.7 Å². The summed E-state index contributed by atoms with van der Waals surface area (Å²) < 4.78 is 5.46. The van der Waals surface area contributed by atoms with E-state index in [1.54, 1.807) is 25.7 Å². The van der Waals surface area contributed by atoms with Crippen LogP contribution in [-0.2, 0) is 14.3 Å². The molecule has 1 aromatic carbocycles. The normalized spacial score (nSPS) is 20.0. The van der Waals surface area contributed by atoms with Crippen LogP contribution in [0.4, 0.5) is 10.5 Å². The molecule has 0 bridgehead atoms. The molecular formula is C28H45N5O4. The van der Waals surface area contributed by atoms with Gasteiger partial charge >= 0.3 is 6.09 Å². The molecule has 0 aromatic heterocycles. The maximum absolute atomic E-state index is 13.5. The highest BCUT2D eigenvalue weighted by Crippen LogP contribution is 2.27. The highest BCUT2D eigenvalue weighted by molar-refractivity contribution is 5.95. The monoisotopic (exact) mass is 515 g/mol. The van der Waals surface area contributed by atoms with Crippen LogP contribution in [0.3, 0.4) is 0 Å². The van der Waals surface area contributed by atoms with Crippen LogP contribution in [0.2, 0.25) is 0 Å². The Hall–Kier alpha value is -2.65. The largest absolute Gasteiger partial charge is 0.444 e. The van der Waals surface area contributed by atoms with E-state index in [9.17, 15) is 14.4 Å². The maximum Gasteiger partial charge on any atom is 0.408 e. The van der Waals surface area contributed by atoms with Crippen molar-refractivity contribution in [1.29, 1.82) is 0 Å². The van der Waals surface area contributed by atoms with Crippen molar-refractivity contribution in [3.05, 3.63) is 29.8 Å². The van der Waals surface area contributed by atoms with E-state index in [1.165, 1.54) is 6.42 Å². The standard InChI is InChI=1S/C28H45N5O4/c1-19(20-11-13-22(14-12-20)30-25(34)23(29)21-9-7-6-8-10-21)24(31-27(36)37-28(2,3)4)26(35)33-17-15-32(5)16-18-33/h11-14,19,21,23-24H,6-10,15-18,29H2,1-5H3,(H,30,34)(H,31,36)/t19-,23-,24+/m0/s1. The zero-order valence-corrected chi connectivity index (χ0v) is 23.1. The topological polar surface area (TPSA) is 117 Å². The molecule has 1 saturated heterocycles. The number of carbonyl (C=O) groups excluding carboxylic acids is 3. The number of hydrogen-bond donors (Lipinski definition) is 3. The van der Waals surface area contributed by atoms with Crippen molar-refractivity contribution in [2.75, 3.05) is 38.5 Å². The molecule has 1 saturated carbocycles. The summed E-state index contributed by atoms with van der Waals surface area (Å²) in [5.41, 5.74) is 7.11. The van der Waals surface area contributed by atoms with Crippen LogP contribution in [0, 0.1) is 5.92 Å². The molecule has 1 aliphatic heterocycles. The van der Waals surface area contributed by atoms with Crippen molar-refractivity contribution >= 4 is 23.6 Å². The van der Waals surface area contributed by atoms with E-state index in [0.29, 0.717) is 18.8 Å². The average Bonchev–Trinajstić information content (AvgIpc) is 2.86. The van der Waals surface area contributed by atoms with E-state index in [0.717, 1.165) is 44.3 Å². The Morgan fingerprint density at radius 2 is 1.59 bits per heavy atom. The molecule has 3 atom stereocenters. The second kappa shape index (κ2) is 12.7. The third-order valence-electron chi connectivity index (χ3n) is 7.42. The molecule has 37 heavy (non-hydrogen) atoms. The third-order valence-corrected chi connectivity index (χ3v) is 7.42. The van der Waals surface area contributed by atoms with Gasteiger partial charge in [-0.1, -0.05) is 38.3 Å². The summed E-state index contributed by atoms with van der Waals surface area (Å²) in [6, 6.07) is 6.12. The summed E-state index contributed by atoms with van der Waals surface area (Å²) in [7, 11) is 2.03. The first-order valence-electron chi connectivity index (χ1n) is 13.6. The summed E-state index contributed by atoms with van der Waals surface area (Å²) >= 11 is 0. The van der Waals surface area contributed by atoms with Crippen LogP contribution in [0.25, 0.3) is 0 Å². The van der Waals surface area contributed by atoms with Gasteiger partial charge in [0.2, 0.25) is 11.8 Å². The second-order valence-corrected chi connectivity index (χ2v) is 11.6. The molecule has 3 amide bonds. The van der Waals surface area contributed by atoms with Crippen molar-refractivity contribution in [3.63, 3.8) is 0 Å². The zero-order chi connectivity index (χ0) is 27.2. The Labute approximate surface area is 221 Å². The minimum Gasteiger partial charge on any atom is -0.444 e. The molecule has 1 heterocycles. The number of amides is 3. The molecule has 0 radical (unpaired) electrons. The summed E-state index contributed by atoms with van der Waals surface area (Å²) in [6.45, 7) is 10.1. The molecule has 1 aromatic rings. The number of nitrogens with zero attached hydrogens (tertiary/aromatic N) is 2. The number of nitrogens with two attached hydrogens (primary N) is 1. The molecule has 0 unspecified atom stereocenters. The predicted molar refractivity (Wildman–Crippen MR) is 145 cm³/mol. The van der Waals surface area contributed by atoms with E-state index in [1.807, 2.05) is 38.2 Å². The smallest absolute Gasteiger partial charge is 0.408 e. The summed E-state index contributed by atoms with van der Waals surface area (Å²) in [5.74, 6) is -0.369. The number of ether oxygens (including phenoxy) is 1. The van der Waals surface area contributed by atoms with Gasteiger partial charge in [-0.05, 0) is 64.3 Å². The molecular weight excluding hydrogens is 470 g/mol. The number of piperazine rings is 1. The number of benzene rings is 1. The molecule has 2 aliphatic rings. The fourth-order valence-corrected chi connectivity index (χ4v) is 5.05. The molecule has 2 fully saturated rings. The van der Waals surface area contributed by atoms with Crippen LogP contribution in [0.5, 0.6) is 0 Å². The van der Waals surface area contributed by atoms with Gasteiger partial charge in [-0.25, -0.2) is 4.79 Å². The Morgan fingerprint density at radius 1 is 1.00 bits per heavy atom. The SMILES string of the molecule is C[C@@H](c1ccc(NC(=O)[C@@H](N)C2CCCCC2)cc1)[C@@H](NC(=O)OC(C)(C)C)C(=O)N1CCN(C)CC1. The van der Waals surface area contributed by atoms with Crippen molar-refractivity contribution in [1.82, 2.24) is 15.1 Å². The van der Waals surface area contributed by atoms with Crippen LogP contribution >= 0.6 is 0 Å². The van der Waals surface area contributed by atoms with E-state index in [4.69, 9.17) is 10.5 Å². The van der Waals surface area contributed by atoms with Gasteiger partial charge in [-0.3, -0.25) is 9.59 Å². The van der Waals surface area contributed by atoms with Crippen LogP contribution < -0.4 is 16.4 Å². The van der Waals surface area contributed by atoms with Crippen LogP contribution in [0.15, 0.2) is 24.3 Å². The lowest BCUT2D eigenvalue weighted by atomic mass is 9.84. The van der Waals surface area contributed by atoms with Gasteiger partial charge in [-0.15, -0.1) is 0 Å². The summed E-state index contributed by atoms with van der Waals surface area (Å²) in [4.78, 5) is 42.9. The lowest BCUT2D eigenvalue weighted by Crippen LogP contribution is -2.56. The first-order chi connectivity index (χ1) is 17.4. The molecule has 0 spiro atoms. The number of alkyl carbamates (subject to hydrolysis) is 1. The molecule has 3 rings (SSSR count). The van der Waals surface area contributed by atoms with Gasteiger partial charge in [0.05, 0.1) is 6.04 Å². The second-order valence-electron chi connectivity index (χ2n) is 11.6. The number of likely N-dealkylation sites (N-methyl/N-ethyl adjacent to an activating group) is 1. The minimum atomic E-state index is -0.779. The Bertz CT molecular complexity index is 915. The zero-order valence-electron chi connectivity index (χ0n) is 23.1. The molecule has 1 aliphatic carbocycles. The van der Waals surface area contributed by atoms with E-state index >= 15 is 0 Å². The van der Waals surface area contributed by atoms with Crippen molar-refractivity contribution < 1.29 is 19.1 Å². The number of hydrogen-bond acceptors (Lipinski definition) is 6. The van der Waals surface area contributed by atoms with Gasteiger partial charge in [0, 0.05) is 37.8 Å². The number of carbonyl (C=O) groups is 3. The fourth-order valence-electron chi connectivity index (χ4n) is 5.05. The first-order valence-corrected chi connectivity index (χ1v) is 13.6. The maximum atomic E-state index is 13.5. The Morgan fingerprint density at radius 3 is 2.16 bits per heavy atom. The summed E-state index contributed by atoms with van der Waals surface area (Å²) in [5, 5.41) is 5.76. The molecule has 9 heteroatoms. The average molecular weight is 516 g/mol. The van der Waals surface area contributed by atoms with E-state index < -0.39 is 23.8 Å². The van der Waals surface area contributed by atoms with Gasteiger partial charge in [0.25, 0.3) is 0 Å². The number of rotatable bonds is 7.